The molecule has 0 saturated heterocycles. The fourth-order valence-corrected chi connectivity index (χ4v) is 1.42. The number of carbonyl (C=O) groups excluding carboxylic acids is 2. The Hall–Kier alpha value is -3.09. The fourth-order valence-electron chi connectivity index (χ4n) is 1.42. The number of hydrazone groups is 1. The van der Waals surface area contributed by atoms with Crippen LogP contribution in [0.3, 0.4) is 0 Å². The Morgan fingerprint density at radius 1 is 1.10 bits per heavy atom. The van der Waals surface area contributed by atoms with Crippen LogP contribution in [-0.2, 0) is 16.1 Å². The van der Waals surface area contributed by atoms with Crippen LogP contribution in [0.1, 0.15) is 11.3 Å². The van der Waals surface area contributed by atoms with Gasteiger partial charge in [-0.2, -0.15) is 5.10 Å². The van der Waals surface area contributed by atoms with Gasteiger partial charge < -0.3 is 5.32 Å². The summed E-state index contributed by atoms with van der Waals surface area (Å²) < 4.78 is 0. The Labute approximate surface area is 121 Å². The average Bonchev–Trinajstić information content (AvgIpc) is 2.54. The van der Waals surface area contributed by atoms with Crippen molar-refractivity contribution < 1.29 is 9.59 Å². The van der Waals surface area contributed by atoms with Crippen LogP contribution in [0.25, 0.3) is 0 Å². The molecule has 21 heavy (non-hydrogen) atoms. The molecule has 0 aliphatic rings. The molecule has 0 radical (unpaired) electrons. The van der Waals surface area contributed by atoms with E-state index in [1.54, 1.807) is 48.9 Å². The minimum absolute atomic E-state index is 0.249. The van der Waals surface area contributed by atoms with Gasteiger partial charge in [0.1, 0.15) is 0 Å². The number of hydrogen-bond acceptors (Lipinski definition) is 5. The topological polar surface area (TPSA) is 96.3 Å². The highest BCUT2D eigenvalue weighted by Gasteiger charge is 2.11. The summed E-state index contributed by atoms with van der Waals surface area (Å²) in [5.41, 5.74) is 3.56. The van der Waals surface area contributed by atoms with E-state index in [4.69, 9.17) is 0 Å². The number of carbonyl (C=O) groups is 2. The highest BCUT2D eigenvalue weighted by molar-refractivity contribution is 6.35. The van der Waals surface area contributed by atoms with E-state index in [0.717, 1.165) is 5.56 Å². The van der Waals surface area contributed by atoms with Crippen molar-refractivity contribution in [3.05, 3.63) is 60.2 Å². The van der Waals surface area contributed by atoms with Gasteiger partial charge in [0.25, 0.3) is 0 Å². The molecular formula is C14H13N5O2. The molecule has 0 aliphatic heterocycles. The Morgan fingerprint density at radius 3 is 2.62 bits per heavy atom. The first-order valence-corrected chi connectivity index (χ1v) is 6.17. The zero-order chi connectivity index (χ0) is 14.9. The second-order valence-corrected chi connectivity index (χ2v) is 3.99. The van der Waals surface area contributed by atoms with Gasteiger partial charge in [0.05, 0.1) is 11.9 Å². The molecule has 0 bridgehead atoms. The van der Waals surface area contributed by atoms with E-state index in [0.29, 0.717) is 5.69 Å². The van der Waals surface area contributed by atoms with Crippen LogP contribution in [0.15, 0.2) is 54.0 Å². The summed E-state index contributed by atoms with van der Waals surface area (Å²) in [6, 6.07) is 8.77. The minimum atomic E-state index is -0.837. The lowest BCUT2D eigenvalue weighted by molar-refractivity contribution is -0.139. The largest absolute Gasteiger partial charge is 0.344 e. The van der Waals surface area contributed by atoms with Crippen molar-refractivity contribution >= 4 is 18.0 Å². The first-order valence-electron chi connectivity index (χ1n) is 6.17. The average molecular weight is 283 g/mol. The second kappa shape index (κ2) is 7.49. The third kappa shape index (κ3) is 4.83. The van der Waals surface area contributed by atoms with Gasteiger partial charge in [0, 0.05) is 25.1 Å². The van der Waals surface area contributed by atoms with Crippen LogP contribution in [0.4, 0.5) is 0 Å². The van der Waals surface area contributed by atoms with Crippen LogP contribution in [-0.4, -0.2) is 28.0 Å². The standard InChI is InChI=1S/C14H13N5O2/c20-13(17-9-11-4-7-15-8-5-11)14(21)19-18-10-12-3-1-2-6-16-12/h1-8,10H,9H2,(H,17,20)(H,19,21)/b18-10+. The third-order valence-corrected chi connectivity index (χ3v) is 2.46. The number of rotatable bonds is 4. The normalized spacial score (nSPS) is 10.3. The molecule has 0 aromatic carbocycles. The van der Waals surface area contributed by atoms with Crippen LogP contribution in [0, 0.1) is 0 Å². The molecule has 0 saturated carbocycles. The van der Waals surface area contributed by atoms with E-state index in [1.165, 1.54) is 6.21 Å². The van der Waals surface area contributed by atoms with Gasteiger partial charge in [0.2, 0.25) is 0 Å². The number of hydrogen-bond donors (Lipinski definition) is 2. The molecule has 7 heteroatoms. The molecule has 0 atom stereocenters. The first-order chi connectivity index (χ1) is 10.3. The molecule has 106 valence electrons. The summed E-state index contributed by atoms with van der Waals surface area (Å²) >= 11 is 0. The highest BCUT2D eigenvalue weighted by Crippen LogP contribution is 1.94. The SMILES string of the molecule is O=C(NCc1ccncc1)C(=O)N/N=C/c1ccccn1. The van der Waals surface area contributed by atoms with Crippen LogP contribution in [0.5, 0.6) is 0 Å². The van der Waals surface area contributed by atoms with Crippen LogP contribution >= 0.6 is 0 Å². The van der Waals surface area contributed by atoms with Crippen molar-refractivity contribution in [2.75, 3.05) is 0 Å². The zero-order valence-corrected chi connectivity index (χ0v) is 11.1. The molecule has 0 spiro atoms. The Morgan fingerprint density at radius 2 is 1.90 bits per heavy atom. The molecular weight excluding hydrogens is 270 g/mol. The summed E-state index contributed by atoms with van der Waals surface area (Å²) in [4.78, 5) is 30.9. The van der Waals surface area contributed by atoms with E-state index in [2.05, 4.69) is 25.8 Å². The first kappa shape index (κ1) is 14.3. The number of pyridine rings is 2. The number of aromatic nitrogens is 2. The Balaban J connectivity index is 1.78. The quantitative estimate of drug-likeness (QED) is 0.477. The van der Waals surface area contributed by atoms with Gasteiger partial charge in [0.15, 0.2) is 0 Å². The molecule has 2 heterocycles. The van der Waals surface area contributed by atoms with Gasteiger partial charge in [-0.05, 0) is 29.8 Å². The van der Waals surface area contributed by atoms with Crippen molar-refractivity contribution in [3.8, 4) is 0 Å². The molecule has 0 unspecified atom stereocenters. The smallest absolute Gasteiger partial charge is 0.329 e. The van der Waals surface area contributed by atoms with Crippen LogP contribution in [0.2, 0.25) is 0 Å². The Kier molecular flexibility index (Phi) is 5.11. The minimum Gasteiger partial charge on any atom is -0.344 e. The van der Waals surface area contributed by atoms with Crippen molar-refractivity contribution in [2.45, 2.75) is 6.54 Å². The van der Waals surface area contributed by atoms with E-state index in [1.807, 2.05) is 0 Å². The Bertz CT molecular complexity index is 628. The predicted octanol–water partition coefficient (Wildman–Crippen LogP) is 0.243. The number of nitrogens with zero attached hydrogens (tertiary/aromatic N) is 3. The lowest BCUT2D eigenvalue weighted by Gasteiger charge is -2.03. The molecule has 2 amide bonds. The van der Waals surface area contributed by atoms with Gasteiger partial charge in [-0.3, -0.25) is 19.6 Å². The maximum Gasteiger partial charge on any atom is 0.329 e. The fraction of sp³-hybridized carbons (Fsp3) is 0.0714. The monoisotopic (exact) mass is 283 g/mol. The van der Waals surface area contributed by atoms with Crippen molar-refractivity contribution in [1.29, 1.82) is 0 Å². The molecule has 7 nitrogen and oxygen atoms in total. The van der Waals surface area contributed by atoms with Crippen molar-refractivity contribution in [1.82, 2.24) is 20.7 Å². The molecule has 0 fully saturated rings. The summed E-state index contributed by atoms with van der Waals surface area (Å²) in [6.45, 7) is 0.249. The zero-order valence-electron chi connectivity index (χ0n) is 11.1. The van der Waals surface area contributed by atoms with E-state index >= 15 is 0 Å². The molecule has 2 aromatic heterocycles. The second-order valence-electron chi connectivity index (χ2n) is 3.99. The molecule has 0 aliphatic carbocycles. The molecule has 2 N–H and O–H groups in total. The lowest BCUT2D eigenvalue weighted by Crippen LogP contribution is -2.37. The highest BCUT2D eigenvalue weighted by atomic mass is 16.2. The maximum atomic E-state index is 11.5. The summed E-state index contributed by atoms with van der Waals surface area (Å²) in [6.07, 6.45) is 6.18. The lowest BCUT2D eigenvalue weighted by atomic mass is 10.3. The number of amides is 2. The van der Waals surface area contributed by atoms with Gasteiger partial charge in [-0.1, -0.05) is 6.07 Å². The van der Waals surface area contributed by atoms with E-state index < -0.39 is 11.8 Å². The molecule has 2 aromatic rings. The predicted molar refractivity (Wildman–Crippen MR) is 76.1 cm³/mol. The van der Waals surface area contributed by atoms with Gasteiger partial charge in [-0.25, -0.2) is 5.43 Å². The summed E-state index contributed by atoms with van der Waals surface area (Å²) in [5.74, 6) is -1.60. The number of nitrogens with one attached hydrogen (secondary N) is 2. The third-order valence-electron chi connectivity index (χ3n) is 2.46. The van der Waals surface area contributed by atoms with E-state index in [-0.39, 0.29) is 6.54 Å². The van der Waals surface area contributed by atoms with Gasteiger partial charge >= 0.3 is 11.8 Å². The van der Waals surface area contributed by atoms with Crippen molar-refractivity contribution in [2.24, 2.45) is 5.10 Å². The summed E-state index contributed by atoms with van der Waals surface area (Å²) in [5, 5.41) is 6.14. The summed E-state index contributed by atoms with van der Waals surface area (Å²) in [7, 11) is 0. The van der Waals surface area contributed by atoms with Crippen molar-refractivity contribution in [3.63, 3.8) is 0 Å². The van der Waals surface area contributed by atoms with E-state index in [9.17, 15) is 9.59 Å². The maximum absolute atomic E-state index is 11.5. The van der Waals surface area contributed by atoms with Crippen LogP contribution < -0.4 is 10.7 Å². The molecule has 2 rings (SSSR count). The van der Waals surface area contributed by atoms with Gasteiger partial charge in [-0.15, -0.1) is 0 Å².